The predicted molar refractivity (Wildman–Crippen MR) is 72.0 cm³/mol. The molecule has 1 aliphatic heterocycles. The Morgan fingerprint density at radius 2 is 2.06 bits per heavy atom. The van der Waals surface area contributed by atoms with E-state index in [0.717, 1.165) is 32.0 Å². The Morgan fingerprint density at radius 1 is 1.33 bits per heavy atom. The van der Waals surface area contributed by atoms with Crippen molar-refractivity contribution in [3.63, 3.8) is 0 Å². The van der Waals surface area contributed by atoms with Crippen LogP contribution in [-0.4, -0.2) is 55.6 Å². The summed E-state index contributed by atoms with van der Waals surface area (Å²) >= 11 is 0. The molecule has 1 saturated heterocycles. The Bertz CT molecular complexity index is 396. The van der Waals surface area contributed by atoms with Crippen molar-refractivity contribution < 1.29 is 4.79 Å². The number of amides is 1. The molecule has 0 radical (unpaired) electrons. The average molecular weight is 248 g/mol. The van der Waals surface area contributed by atoms with Crippen molar-refractivity contribution in [1.29, 1.82) is 0 Å². The summed E-state index contributed by atoms with van der Waals surface area (Å²) < 4.78 is 0. The largest absolute Gasteiger partial charge is 0.354 e. The lowest BCUT2D eigenvalue weighted by Crippen LogP contribution is -2.44. The molecular weight excluding hydrogens is 228 g/mol. The van der Waals surface area contributed by atoms with Crippen LogP contribution in [0.5, 0.6) is 0 Å². The van der Waals surface area contributed by atoms with Crippen molar-refractivity contribution in [2.45, 2.75) is 6.92 Å². The Hall–Kier alpha value is -1.62. The molecule has 18 heavy (non-hydrogen) atoms. The zero-order chi connectivity index (χ0) is 13.0. The molecule has 1 aliphatic rings. The van der Waals surface area contributed by atoms with E-state index in [1.54, 1.807) is 6.20 Å². The van der Waals surface area contributed by atoms with E-state index in [2.05, 4.69) is 27.1 Å². The van der Waals surface area contributed by atoms with E-state index in [1.165, 1.54) is 0 Å². The topological polar surface area (TPSA) is 48.5 Å². The minimum absolute atomic E-state index is 0.0603. The maximum atomic E-state index is 11.6. The Labute approximate surface area is 108 Å². The molecule has 1 aromatic rings. The lowest BCUT2D eigenvalue weighted by atomic mass is 10.2. The highest BCUT2D eigenvalue weighted by Crippen LogP contribution is 2.13. The van der Waals surface area contributed by atoms with Crippen LogP contribution in [0.2, 0.25) is 0 Å². The number of hydrogen-bond donors (Lipinski definition) is 1. The van der Waals surface area contributed by atoms with Gasteiger partial charge in [-0.25, -0.2) is 4.98 Å². The molecule has 98 valence electrons. The summed E-state index contributed by atoms with van der Waals surface area (Å²) in [6.07, 6.45) is 1.65. The van der Waals surface area contributed by atoms with Gasteiger partial charge in [0, 0.05) is 38.9 Å². The highest BCUT2D eigenvalue weighted by atomic mass is 16.1. The molecule has 1 N–H and O–H groups in total. The second kappa shape index (κ2) is 5.82. The highest BCUT2D eigenvalue weighted by Gasteiger charge is 2.15. The number of nitrogens with one attached hydrogen (secondary N) is 1. The number of likely N-dealkylation sites (N-methyl/N-ethyl adjacent to an activating group) is 1. The maximum Gasteiger partial charge on any atom is 0.252 e. The van der Waals surface area contributed by atoms with Crippen molar-refractivity contribution in [3.8, 4) is 0 Å². The van der Waals surface area contributed by atoms with Crippen molar-refractivity contribution in [3.05, 3.63) is 23.9 Å². The molecule has 2 rings (SSSR count). The maximum absolute atomic E-state index is 11.6. The van der Waals surface area contributed by atoms with E-state index in [-0.39, 0.29) is 5.91 Å². The smallest absolute Gasteiger partial charge is 0.252 e. The number of pyridine rings is 1. The molecule has 0 aromatic carbocycles. The summed E-state index contributed by atoms with van der Waals surface area (Å²) in [5.74, 6) is 0.895. The van der Waals surface area contributed by atoms with E-state index >= 15 is 0 Å². The molecule has 0 bridgehead atoms. The van der Waals surface area contributed by atoms with Gasteiger partial charge in [0.05, 0.1) is 5.56 Å². The summed E-state index contributed by atoms with van der Waals surface area (Å²) in [6, 6.07) is 3.77. The fourth-order valence-corrected chi connectivity index (χ4v) is 2.01. The Kier molecular flexibility index (Phi) is 4.15. The van der Waals surface area contributed by atoms with Gasteiger partial charge in [-0.2, -0.15) is 0 Å². The van der Waals surface area contributed by atoms with Gasteiger partial charge in [-0.1, -0.05) is 0 Å². The van der Waals surface area contributed by atoms with Crippen LogP contribution in [0.4, 0.5) is 5.82 Å². The molecule has 0 aliphatic carbocycles. The van der Waals surface area contributed by atoms with Gasteiger partial charge in [0.25, 0.3) is 5.91 Å². The summed E-state index contributed by atoms with van der Waals surface area (Å²) in [5, 5.41) is 2.77. The third-order valence-corrected chi connectivity index (χ3v) is 3.17. The van der Waals surface area contributed by atoms with Crippen LogP contribution < -0.4 is 10.2 Å². The Balaban J connectivity index is 2.01. The van der Waals surface area contributed by atoms with Crippen molar-refractivity contribution in [2.75, 3.05) is 44.7 Å². The number of nitrogens with zero attached hydrogens (tertiary/aromatic N) is 3. The van der Waals surface area contributed by atoms with Gasteiger partial charge in [0.2, 0.25) is 0 Å². The number of piperazine rings is 1. The van der Waals surface area contributed by atoms with Crippen LogP contribution in [0.1, 0.15) is 17.3 Å². The standard InChI is InChI=1S/C13H20N4O/c1-3-14-13(18)11-4-5-12(15-10-11)17-8-6-16(2)7-9-17/h4-5,10H,3,6-9H2,1-2H3,(H,14,18). The van der Waals surface area contributed by atoms with Crippen LogP contribution in [-0.2, 0) is 0 Å². The molecule has 5 nitrogen and oxygen atoms in total. The number of aromatic nitrogens is 1. The number of carbonyl (C=O) groups is 1. The normalized spacial score (nSPS) is 16.7. The minimum atomic E-state index is -0.0603. The Morgan fingerprint density at radius 3 is 2.61 bits per heavy atom. The van der Waals surface area contributed by atoms with Crippen LogP contribution in [0.15, 0.2) is 18.3 Å². The molecule has 5 heteroatoms. The number of hydrogen-bond acceptors (Lipinski definition) is 4. The van der Waals surface area contributed by atoms with E-state index < -0.39 is 0 Å². The lowest BCUT2D eigenvalue weighted by molar-refractivity contribution is 0.0955. The molecule has 0 spiro atoms. The molecule has 0 atom stereocenters. The van der Waals surface area contributed by atoms with E-state index in [1.807, 2.05) is 19.1 Å². The number of anilines is 1. The molecule has 1 aromatic heterocycles. The zero-order valence-electron chi connectivity index (χ0n) is 11.0. The van der Waals surface area contributed by atoms with Gasteiger partial charge in [-0.15, -0.1) is 0 Å². The summed E-state index contributed by atoms with van der Waals surface area (Å²) in [6.45, 7) is 6.64. The van der Waals surface area contributed by atoms with Crippen LogP contribution in [0.3, 0.4) is 0 Å². The van der Waals surface area contributed by atoms with Gasteiger partial charge in [-0.3, -0.25) is 4.79 Å². The monoisotopic (exact) mass is 248 g/mol. The molecule has 0 saturated carbocycles. The second-order valence-electron chi connectivity index (χ2n) is 4.55. The first kappa shape index (κ1) is 12.8. The minimum Gasteiger partial charge on any atom is -0.354 e. The van der Waals surface area contributed by atoms with Crippen molar-refractivity contribution in [2.24, 2.45) is 0 Å². The first-order chi connectivity index (χ1) is 8.70. The highest BCUT2D eigenvalue weighted by molar-refractivity contribution is 5.93. The number of carbonyl (C=O) groups excluding carboxylic acids is 1. The number of rotatable bonds is 3. The molecular formula is C13H20N4O. The summed E-state index contributed by atoms with van der Waals surface area (Å²) in [7, 11) is 2.13. The van der Waals surface area contributed by atoms with Crippen LogP contribution in [0.25, 0.3) is 0 Å². The molecule has 1 fully saturated rings. The van der Waals surface area contributed by atoms with Crippen LogP contribution in [0, 0.1) is 0 Å². The molecule has 2 heterocycles. The van der Waals surface area contributed by atoms with Crippen molar-refractivity contribution in [1.82, 2.24) is 15.2 Å². The summed E-state index contributed by atoms with van der Waals surface area (Å²) in [4.78, 5) is 20.5. The van der Waals surface area contributed by atoms with Gasteiger partial charge in [0.15, 0.2) is 0 Å². The third kappa shape index (κ3) is 2.98. The van der Waals surface area contributed by atoms with Gasteiger partial charge >= 0.3 is 0 Å². The fraction of sp³-hybridized carbons (Fsp3) is 0.538. The fourth-order valence-electron chi connectivity index (χ4n) is 2.01. The van der Waals surface area contributed by atoms with Crippen molar-refractivity contribution >= 4 is 11.7 Å². The van der Waals surface area contributed by atoms with E-state index in [0.29, 0.717) is 12.1 Å². The van der Waals surface area contributed by atoms with Gasteiger partial charge in [-0.05, 0) is 26.1 Å². The van der Waals surface area contributed by atoms with E-state index in [9.17, 15) is 4.79 Å². The lowest BCUT2D eigenvalue weighted by Gasteiger charge is -2.33. The van der Waals surface area contributed by atoms with Crippen LogP contribution >= 0.6 is 0 Å². The first-order valence-electron chi connectivity index (χ1n) is 6.38. The van der Waals surface area contributed by atoms with E-state index in [4.69, 9.17) is 0 Å². The van der Waals surface area contributed by atoms with Gasteiger partial charge in [0.1, 0.15) is 5.82 Å². The summed E-state index contributed by atoms with van der Waals surface area (Å²) in [5.41, 5.74) is 0.620. The average Bonchev–Trinajstić information content (AvgIpc) is 2.40. The third-order valence-electron chi connectivity index (χ3n) is 3.17. The zero-order valence-corrected chi connectivity index (χ0v) is 11.0. The van der Waals surface area contributed by atoms with Gasteiger partial charge < -0.3 is 15.1 Å². The second-order valence-corrected chi connectivity index (χ2v) is 4.55. The first-order valence-corrected chi connectivity index (χ1v) is 6.38. The molecule has 0 unspecified atom stereocenters. The predicted octanol–water partition coefficient (Wildman–Crippen LogP) is 0.583. The molecule has 1 amide bonds. The quantitative estimate of drug-likeness (QED) is 0.850. The SMILES string of the molecule is CCNC(=O)c1ccc(N2CCN(C)CC2)nc1.